The molecule has 0 aliphatic carbocycles. The molecule has 2 heterocycles. The van der Waals surface area contributed by atoms with Gasteiger partial charge in [0.25, 0.3) is 5.91 Å². The van der Waals surface area contributed by atoms with Crippen LogP contribution in [0.1, 0.15) is 34.9 Å². The normalized spacial score (nSPS) is 12.0. The maximum Gasteiger partial charge on any atom is 0.274 e. The number of nitrogens with one attached hydrogen (secondary N) is 1. The summed E-state index contributed by atoms with van der Waals surface area (Å²) < 4.78 is 24.3. The van der Waals surface area contributed by atoms with E-state index in [9.17, 15) is 9.18 Å². The van der Waals surface area contributed by atoms with Gasteiger partial charge < -0.3 is 14.1 Å². The van der Waals surface area contributed by atoms with E-state index in [1.54, 1.807) is 37.6 Å². The van der Waals surface area contributed by atoms with E-state index >= 15 is 0 Å². The van der Waals surface area contributed by atoms with Gasteiger partial charge >= 0.3 is 0 Å². The minimum absolute atomic E-state index is 0.0820. The summed E-state index contributed by atoms with van der Waals surface area (Å²) in [5.74, 6) is 0.144. The topological polar surface area (TPSA) is 71.4 Å². The van der Waals surface area contributed by atoms with Crippen molar-refractivity contribution < 1.29 is 18.3 Å². The van der Waals surface area contributed by atoms with Crippen molar-refractivity contribution in [2.75, 3.05) is 7.05 Å². The van der Waals surface area contributed by atoms with Crippen molar-refractivity contribution in [3.8, 4) is 5.75 Å². The number of para-hydroxylation sites is 1. The smallest absolute Gasteiger partial charge is 0.274 e. The summed E-state index contributed by atoms with van der Waals surface area (Å²) in [5, 5.41) is 6.75. The largest absolute Gasteiger partial charge is 0.484 e. The van der Waals surface area contributed by atoms with Crippen molar-refractivity contribution >= 4 is 5.91 Å². The molecule has 0 bridgehead atoms. The molecule has 0 saturated heterocycles. The van der Waals surface area contributed by atoms with E-state index in [1.165, 1.54) is 17.0 Å². The van der Waals surface area contributed by atoms with E-state index < -0.39 is 5.82 Å². The molecule has 0 saturated carbocycles. The maximum absolute atomic E-state index is 13.5. The molecule has 3 aromatic rings. The maximum atomic E-state index is 13.5. The molecule has 130 valence electrons. The Labute approximate surface area is 144 Å². The molecule has 0 spiro atoms. The van der Waals surface area contributed by atoms with Gasteiger partial charge in [0, 0.05) is 7.05 Å². The lowest BCUT2D eigenvalue weighted by atomic mass is 10.2. The predicted octanol–water partition coefficient (Wildman–Crippen LogP) is 3.55. The Kier molecular flexibility index (Phi) is 4.83. The number of ether oxygens (including phenoxy) is 1. The number of carbonyl (C=O) groups is 1. The first-order valence-corrected chi connectivity index (χ1v) is 7.78. The van der Waals surface area contributed by atoms with E-state index in [-0.39, 0.29) is 30.0 Å². The summed E-state index contributed by atoms with van der Waals surface area (Å²) in [6, 6.07) is 11.1. The zero-order valence-electron chi connectivity index (χ0n) is 13.9. The number of halogens is 1. The molecule has 7 heteroatoms. The Morgan fingerprint density at radius 2 is 2.16 bits per heavy atom. The molecule has 1 N–H and O–H groups in total. The highest BCUT2D eigenvalue weighted by molar-refractivity contribution is 5.92. The molecule has 0 radical (unpaired) electrons. The summed E-state index contributed by atoms with van der Waals surface area (Å²) in [5.41, 5.74) is 0.832. The van der Waals surface area contributed by atoms with Crippen LogP contribution < -0.4 is 4.74 Å². The van der Waals surface area contributed by atoms with Crippen LogP contribution in [-0.2, 0) is 6.61 Å². The van der Waals surface area contributed by atoms with E-state index in [0.29, 0.717) is 11.5 Å². The van der Waals surface area contributed by atoms with E-state index in [0.717, 1.165) is 0 Å². The highest BCUT2D eigenvalue weighted by atomic mass is 19.1. The summed E-state index contributed by atoms with van der Waals surface area (Å²) >= 11 is 0. The second-order valence-electron chi connectivity index (χ2n) is 5.60. The lowest BCUT2D eigenvalue weighted by Gasteiger charge is -2.22. The van der Waals surface area contributed by atoms with Crippen LogP contribution in [0.5, 0.6) is 5.75 Å². The highest BCUT2D eigenvalue weighted by Crippen LogP contribution is 2.21. The minimum Gasteiger partial charge on any atom is -0.484 e. The number of carbonyl (C=O) groups excluding carboxylic acids is 1. The zero-order chi connectivity index (χ0) is 17.8. The monoisotopic (exact) mass is 343 g/mol. The van der Waals surface area contributed by atoms with Gasteiger partial charge in [-0.25, -0.2) is 4.39 Å². The first-order chi connectivity index (χ1) is 12.1. The number of nitrogens with zero attached hydrogens (tertiary/aromatic N) is 2. The van der Waals surface area contributed by atoms with Crippen LogP contribution in [0.3, 0.4) is 0 Å². The number of amides is 1. The van der Waals surface area contributed by atoms with Gasteiger partial charge in [0.15, 0.2) is 17.3 Å². The number of rotatable bonds is 6. The van der Waals surface area contributed by atoms with Crippen molar-refractivity contribution in [3.05, 3.63) is 71.7 Å². The first kappa shape index (κ1) is 16.8. The third kappa shape index (κ3) is 3.71. The van der Waals surface area contributed by atoms with Gasteiger partial charge in [-0.1, -0.05) is 12.1 Å². The Morgan fingerprint density at radius 1 is 1.36 bits per heavy atom. The van der Waals surface area contributed by atoms with Gasteiger partial charge in [0.2, 0.25) is 0 Å². The fourth-order valence-corrected chi connectivity index (χ4v) is 2.34. The molecular formula is C18H18FN3O3. The molecule has 1 aromatic carbocycles. The van der Waals surface area contributed by atoms with Crippen LogP contribution in [0.2, 0.25) is 0 Å². The molecule has 0 aliphatic heterocycles. The highest BCUT2D eigenvalue weighted by Gasteiger charge is 2.22. The van der Waals surface area contributed by atoms with E-state index in [2.05, 4.69) is 10.2 Å². The molecule has 0 aliphatic rings. The Balaban J connectivity index is 1.64. The molecule has 1 amide bonds. The zero-order valence-corrected chi connectivity index (χ0v) is 13.9. The van der Waals surface area contributed by atoms with Crippen molar-refractivity contribution in [1.29, 1.82) is 0 Å². The second kappa shape index (κ2) is 7.21. The van der Waals surface area contributed by atoms with Crippen molar-refractivity contribution in [1.82, 2.24) is 15.1 Å². The number of furan rings is 1. The second-order valence-corrected chi connectivity index (χ2v) is 5.60. The fraction of sp³-hybridized carbons (Fsp3) is 0.222. The molecule has 1 atom stereocenters. The van der Waals surface area contributed by atoms with Crippen LogP contribution >= 0.6 is 0 Å². The van der Waals surface area contributed by atoms with Crippen LogP contribution in [0.4, 0.5) is 4.39 Å². The molecule has 3 rings (SSSR count). The average Bonchev–Trinajstić information content (AvgIpc) is 3.31. The number of H-pyrrole nitrogens is 1. The summed E-state index contributed by atoms with van der Waals surface area (Å²) in [4.78, 5) is 14.1. The van der Waals surface area contributed by atoms with Crippen molar-refractivity contribution in [2.24, 2.45) is 0 Å². The minimum atomic E-state index is -0.440. The number of aromatic nitrogens is 2. The van der Waals surface area contributed by atoms with Gasteiger partial charge in [0.05, 0.1) is 18.0 Å². The molecule has 0 unspecified atom stereocenters. The Morgan fingerprint density at radius 3 is 2.88 bits per heavy atom. The summed E-state index contributed by atoms with van der Waals surface area (Å²) in [6.45, 7) is 1.95. The molecule has 2 aromatic heterocycles. The van der Waals surface area contributed by atoms with Gasteiger partial charge in [-0.05, 0) is 37.3 Å². The van der Waals surface area contributed by atoms with Crippen LogP contribution in [0.25, 0.3) is 0 Å². The number of benzene rings is 1. The standard InChI is InChI=1S/C18H18FN3O3/c1-12(16-8-5-9-24-16)22(2)18(23)15-10-13(20-21-15)11-25-17-7-4-3-6-14(17)19/h3-10,12H,11H2,1-2H3,(H,20,21)/t12-/m0/s1. The Hall–Kier alpha value is -3.09. The van der Waals surface area contributed by atoms with E-state index in [4.69, 9.17) is 9.15 Å². The summed E-state index contributed by atoms with van der Waals surface area (Å²) in [6.07, 6.45) is 1.57. The lowest BCUT2D eigenvalue weighted by Crippen LogP contribution is -2.29. The third-order valence-corrected chi connectivity index (χ3v) is 3.93. The van der Waals surface area contributed by atoms with Gasteiger partial charge in [0.1, 0.15) is 12.4 Å². The molecular weight excluding hydrogens is 325 g/mol. The van der Waals surface area contributed by atoms with Crippen molar-refractivity contribution in [2.45, 2.75) is 19.6 Å². The Bertz CT molecular complexity index is 845. The van der Waals surface area contributed by atoms with E-state index in [1.807, 2.05) is 13.0 Å². The molecule has 6 nitrogen and oxygen atoms in total. The van der Waals surface area contributed by atoms with Crippen LogP contribution in [-0.4, -0.2) is 28.1 Å². The SMILES string of the molecule is C[C@@H](c1ccco1)N(C)C(=O)c1cc(COc2ccccc2F)[nH]n1. The fourth-order valence-electron chi connectivity index (χ4n) is 2.34. The average molecular weight is 343 g/mol. The molecule has 0 fully saturated rings. The van der Waals surface area contributed by atoms with Crippen molar-refractivity contribution in [3.63, 3.8) is 0 Å². The number of hydrogen-bond acceptors (Lipinski definition) is 4. The number of hydrogen-bond donors (Lipinski definition) is 1. The van der Waals surface area contributed by atoms with Crippen LogP contribution in [0.15, 0.2) is 53.1 Å². The van der Waals surface area contributed by atoms with Gasteiger partial charge in [-0.2, -0.15) is 5.10 Å². The predicted molar refractivity (Wildman–Crippen MR) is 88.5 cm³/mol. The number of aromatic amines is 1. The lowest BCUT2D eigenvalue weighted by molar-refractivity contribution is 0.0720. The summed E-state index contributed by atoms with van der Waals surface area (Å²) in [7, 11) is 1.68. The van der Waals surface area contributed by atoms with Crippen LogP contribution in [0, 0.1) is 5.82 Å². The third-order valence-electron chi connectivity index (χ3n) is 3.93. The van der Waals surface area contributed by atoms with Gasteiger partial charge in [-0.15, -0.1) is 0 Å². The quantitative estimate of drug-likeness (QED) is 0.743. The first-order valence-electron chi connectivity index (χ1n) is 7.78. The van der Waals surface area contributed by atoms with Gasteiger partial charge in [-0.3, -0.25) is 9.89 Å². The molecule has 25 heavy (non-hydrogen) atoms.